The fourth-order valence-corrected chi connectivity index (χ4v) is 5.19. The molecule has 2 aliphatic rings. The highest BCUT2D eigenvalue weighted by molar-refractivity contribution is 5.78. The number of ether oxygens (including phenoxy) is 1. The van der Waals surface area contributed by atoms with Crippen LogP contribution in [0.1, 0.15) is 56.4 Å². The smallest absolute Gasteiger partial charge is 0.234 e. The highest BCUT2D eigenvalue weighted by Crippen LogP contribution is 2.50. The van der Waals surface area contributed by atoms with E-state index < -0.39 is 5.60 Å². The van der Waals surface area contributed by atoms with Crippen LogP contribution in [-0.4, -0.2) is 46.3 Å². The lowest BCUT2D eigenvalue weighted by Gasteiger charge is -2.52. The third kappa shape index (κ3) is 4.72. The van der Waals surface area contributed by atoms with Crippen molar-refractivity contribution < 1.29 is 24.2 Å². The van der Waals surface area contributed by atoms with Crippen molar-refractivity contribution in [2.24, 2.45) is 5.92 Å². The number of aromatic hydroxyl groups is 1. The van der Waals surface area contributed by atoms with Crippen LogP contribution in [-0.2, 0) is 11.3 Å². The predicted molar refractivity (Wildman–Crippen MR) is 116 cm³/mol. The first-order valence-corrected chi connectivity index (χ1v) is 11.2. The van der Waals surface area contributed by atoms with Gasteiger partial charge in [-0.1, -0.05) is 18.9 Å². The number of hydrogen-bond donors (Lipinski definition) is 3. The average Bonchev–Trinajstić information content (AvgIpc) is 3.28. The summed E-state index contributed by atoms with van der Waals surface area (Å²) in [5.41, 5.74) is 0.249. The first-order valence-electron chi connectivity index (χ1n) is 11.2. The Kier molecular flexibility index (Phi) is 6.53. The molecule has 1 amide bonds. The second-order valence-corrected chi connectivity index (χ2v) is 8.64. The van der Waals surface area contributed by atoms with E-state index in [0.717, 1.165) is 31.2 Å². The maximum absolute atomic E-state index is 12.7. The van der Waals surface area contributed by atoms with Gasteiger partial charge in [-0.2, -0.15) is 0 Å². The molecule has 7 nitrogen and oxygen atoms in total. The minimum Gasteiger partial charge on any atom is -0.504 e. The van der Waals surface area contributed by atoms with Crippen molar-refractivity contribution in [1.29, 1.82) is 0 Å². The highest BCUT2D eigenvalue weighted by atomic mass is 16.5. The van der Waals surface area contributed by atoms with Gasteiger partial charge in [0.25, 0.3) is 0 Å². The first kappa shape index (κ1) is 21.7. The Morgan fingerprint density at radius 2 is 2.19 bits per heavy atom. The number of nitrogens with one attached hydrogen (secondary N) is 1. The number of rotatable bonds is 7. The van der Waals surface area contributed by atoms with Crippen LogP contribution in [0.25, 0.3) is 0 Å². The van der Waals surface area contributed by atoms with Gasteiger partial charge < -0.3 is 24.7 Å². The largest absolute Gasteiger partial charge is 0.504 e. The van der Waals surface area contributed by atoms with E-state index in [9.17, 15) is 15.0 Å². The van der Waals surface area contributed by atoms with Crippen molar-refractivity contribution in [2.45, 2.75) is 57.2 Å². The Labute approximate surface area is 183 Å². The molecule has 1 saturated heterocycles. The van der Waals surface area contributed by atoms with Crippen molar-refractivity contribution in [3.05, 3.63) is 47.9 Å². The van der Waals surface area contributed by atoms with E-state index in [1.54, 1.807) is 18.4 Å². The number of hydrogen-bond acceptors (Lipinski definition) is 6. The zero-order valence-electron chi connectivity index (χ0n) is 18.0. The van der Waals surface area contributed by atoms with E-state index in [2.05, 4.69) is 10.2 Å². The second kappa shape index (κ2) is 9.32. The molecule has 0 bridgehead atoms. The van der Waals surface area contributed by atoms with Gasteiger partial charge in [0.2, 0.25) is 5.91 Å². The predicted octanol–water partition coefficient (Wildman–Crippen LogP) is 3.37. The van der Waals surface area contributed by atoms with Crippen molar-refractivity contribution in [1.82, 2.24) is 10.2 Å². The number of benzene rings is 1. The number of carbonyl (C=O) groups excluding carboxylic acids is 1. The van der Waals surface area contributed by atoms with Crippen LogP contribution >= 0.6 is 0 Å². The van der Waals surface area contributed by atoms with E-state index in [4.69, 9.17) is 9.15 Å². The summed E-state index contributed by atoms with van der Waals surface area (Å²) in [6.07, 6.45) is 6.06. The standard InChI is InChI=1S/C24H32N2O5/c1-2-30-21-14-17(8-9-20(21)27)23-19-7-3-4-10-24(19,29)11-12-26(23)16-22(28)25-15-18-6-5-13-31-18/h5-6,8-9,13-14,19,23,27,29H,2-4,7,10-12,15-16H2,1H3,(H,25,28)/t19-,23+,24+/m0/s1. The molecule has 3 N–H and O–H groups in total. The summed E-state index contributed by atoms with van der Waals surface area (Å²) in [5, 5.41) is 24.5. The van der Waals surface area contributed by atoms with Crippen LogP contribution in [0.3, 0.4) is 0 Å². The summed E-state index contributed by atoms with van der Waals surface area (Å²) < 4.78 is 10.9. The summed E-state index contributed by atoms with van der Waals surface area (Å²) in [6, 6.07) is 8.90. The number of phenols is 1. The number of furan rings is 1. The monoisotopic (exact) mass is 428 g/mol. The number of aliphatic hydroxyl groups is 1. The molecule has 3 atom stereocenters. The molecule has 4 rings (SSSR count). The molecule has 1 aliphatic heterocycles. The van der Waals surface area contributed by atoms with Crippen molar-refractivity contribution in [2.75, 3.05) is 19.7 Å². The molecule has 1 aromatic carbocycles. The maximum Gasteiger partial charge on any atom is 0.234 e. The number of nitrogens with zero attached hydrogens (tertiary/aromatic N) is 1. The first-order chi connectivity index (χ1) is 15.0. The summed E-state index contributed by atoms with van der Waals surface area (Å²) in [4.78, 5) is 14.9. The van der Waals surface area contributed by atoms with Gasteiger partial charge in [-0.15, -0.1) is 0 Å². The van der Waals surface area contributed by atoms with Crippen molar-refractivity contribution in [3.8, 4) is 11.5 Å². The Balaban J connectivity index is 1.57. The molecule has 0 spiro atoms. The minimum absolute atomic E-state index is 0.0342. The summed E-state index contributed by atoms with van der Waals surface area (Å²) in [6.45, 7) is 3.56. The van der Waals surface area contributed by atoms with E-state index in [0.29, 0.717) is 37.6 Å². The normalized spacial score (nSPS) is 26.3. The van der Waals surface area contributed by atoms with Crippen LogP contribution in [0.15, 0.2) is 41.0 Å². The molecule has 31 heavy (non-hydrogen) atoms. The van der Waals surface area contributed by atoms with E-state index >= 15 is 0 Å². The van der Waals surface area contributed by atoms with E-state index in [1.807, 2.05) is 25.1 Å². The molecule has 2 fully saturated rings. The van der Waals surface area contributed by atoms with Gasteiger partial charge >= 0.3 is 0 Å². The molecule has 1 aromatic heterocycles. The van der Waals surface area contributed by atoms with Gasteiger partial charge in [0.05, 0.1) is 31.6 Å². The summed E-state index contributed by atoms with van der Waals surface area (Å²) in [7, 11) is 0. The minimum atomic E-state index is -0.715. The molecule has 7 heteroatoms. The number of likely N-dealkylation sites (tertiary alicyclic amines) is 1. The van der Waals surface area contributed by atoms with Crippen LogP contribution in [0.2, 0.25) is 0 Å². The lowest BCUT2D eigenvalue weighted by atomic mass is 9.66. The van der Waals surface area contributed by atoms with Crippen LogP contribution in [0.4, 0.5) is 0 Å². The molecular weight excluding hydrogens is 396 g/mol. The zero-order chi connectivity index (χ0) is 21.8. The van der Waals surface area contributed by atoms with Crippen LogP contribution < -0.4 is 10.1 Å². The van der Waals surface area contributed by atoms with Gasteiger partial charge in [-0.05, 0) is 56.0 Å². The number of fused-ring (bicyclic) bond motifs is 1. The molecule has 2 heterocycles. The van der Waals surface area contributed by atoms with Gasteiger partial charge in [0.15, 0.2) is 11.5 Å². The van der Waals surface area contributed by atoms with Crippen molar-refractivity contribution >= 4 is 5.91 Å². The van der Waals surface area contributed by atoms with Crippen LogP contribution in [0.5, 0.6) is 11.5 Å². The second-order valence-electron chi connectivity index (χ2n) is 8.64. The summed E-state index contributed by atoms with van der Waals surface area (Å²) in [5.74, 6) is 1.21. The van der Waals surface area contributed by atoms with Crippen LogP contribution in [0, 0.1) is 5.92 Å². The zero-order valence-corrected chi connectivity index (χ0v) is 18.0. The SMILES string of the molecule is CCOc1cc([C@@H]2[C@@H]3CCCC[C@@]3(O)CCN2CC(=O)NCc2ccco2)ccc1O. The van der Waals surface area contributed by atoms with E-state index in [-0.39, 0.29) is 30.2 Å². The third-order valence-electron chi connectivity index (χ3n) is 6.68. The number of phenolic OH excluding ortho intramolecular Hbond substituents is 1. The Morgan fingerprint density at radius 1 is 1.32 bits per heavy atom. The summed E-state index contributed by atoms with van der Waals surface area (Å²) >= 11 is 0. The fourth-order valence-electron chi connectivity index (χ4n) is 5.19. The third-order valence-corrected chi connectivity index (χ3v) is 6.68. The molecule has 1 saturated carbocycles. The quantitative estimate of drug-likeness (QED) is 0.626. The molecule has 2 aromatic rings. The lowest BCUT2D eigenvalue weighted by Crippen LogP contribution is -2.56. The molecular formula is C24H32N2O5. The number of amides is 1. The Morgan fingerprint density at radius 3 is 2.97 bits per heavy atom. The highest BCUT2D eigenvalue weighted by Gasteiger charge is 2.49. The van der Waals surface area contributed by atoms with Gasteiger partial charge in [-0.3, -0.25) is 9.69 Å². The average molecular weight is 429 g/mol. The Bertz CT molecular complexity index is 884. The number of carbonyl (C=O) groups is 1. The van der Waals surface area contributed by atoms with Gasteiger partial charge in [-0.25, -0.2) is 0 Å². The molecule has 0 radical (unpaired) electrons. The molecule has 1 aliphatic carbocycles. The lowest BCUT2D eigenvalue weighted by molar-refractivity contribution is -0.138. The van der Waals surface area contributed by atoms with Crippen molar-refractivity contribution in [3.63, 3.8) is 0 Å². The molecule has 0 unspecified atom stereocenters. The topological polar surface area (TPSA) is 95.2 Å². The fraction of sp³-hybridized carbons (Fsp3) is 0.542. The number of piperidine rings is 1. The van der Waals surface area contributed by atoms with E-state index in [1.165, 1.54) is 0 Å². The molecule has 168 valence electrons. The van der Waals surface area contributed by atoms with Gasteiger partial charge in [0.1, 0.15) is 5.76 Å². The van der Waals surface area contributed by atoms with Gasteiger partial charge in [0, 0.05) is 18.5 Å². The maximum atomic E-state index is 12.7. The Hall–Kier alpha value is -2.51.